The molecular weight excluding hydrogens is 294 g/mol. The SMILES string of the molecule is CCOC(=O)N1CCN(c2cc(N)cc(N3CCCC3)n2)CC1. The lowest BCUT2D eigenvalue weighted by Gasteiger charge is -2.35. The first-order valence-corrected chi connectivity index (χ1v) is 8.36. The maximum Gasteiger partial charge on any atom is 0.409 e. The number of carbonyl (C=O) groups is 1. The quantitative estimate of drug-likeness (QED) is 0.911. The lowest BCUT2D eigenvalue weighted by atomic mass is 10.3. The molecule has 0 radical (unpaired) electrons. The van der Waals surface area contributed by atoms with Crippen LogP contribution in [0.3, 0.4) is 0 Å². The molecule has 2 fully saturated rings. The molecule has 0 bridgehead atoms. The van der Waals surface area contributed by atoms with Crippen LogP contribution in [0, 0.1) is 0 Å². The molecule has 7 nitrogen and oxygen atoms in total. The van der Waals surface area contributed by atoms with Crippen molar-refractivity contribution in [2.75, 3.05) is 61.4 Å². The fourth-order valence-electron chi connectivity index (χ4n) is 3.12. The van der Waals surface area contributed by atoms with Gasteiger partial charge in [-0.15, -0.1) is 0 Å². The van der Waals surface area contributed by atoms with E-state index in [4.69, 9.17) is 15.5 Å². The largest absolute Gasteiger partial charge is 0.450 e. The van der Waals surface area contributed by atoms with E-state index in [0.29, 0.717) is 19.7 Å². The van der Waals surface area contributed by atoms with E-state index in [9.17, 15) is 4.79 Å². The number of hydrogen-bond acceptors (Lipinski definition) is 6. The van der Waals surface area contributed by atoms with Crippen LogP contribution in [0.25, 0.3) is 0 Å². The molecule has 23 heavy (non-hydrogen) atoms. The van der Waals surface area contributed by atoms with Crippen molar-refractivity contribution in [3.63, 3.8) is 0 Å². The highest BCUT2D eigenvalue weighted by Gasteiger charge is 2.23. The van der Waals surface area contributed by atoms with Gasteiger partial charge in [-0.05, 0) is 19.8 Å². The molecule has 1 aromatic heterocycles. The topological polar surface area (TPSA) is 74.9 Å². The van der Waals surface area contributed by atoms with Gasteiger partial charge in [-0.1, -0.05) is 0 Å². The molecule has 0 aromatic carbocycles. The third-order valence-corrected chi connectivity index (χ3v) is 4.38. The number of anilines is 3. The first kappa shape index (κ1) is 15.7. The molecule has 0 spiro atoms. The Morgan fingerprint density at radius 3 is 2.22 bits per heavy atom. The zero-order valence-corrected chi connectivity index (χ0v) is 13.7. The summed E-state index contributed by atoms with van der Waals surface area (Å²) in [6, 6.07) is 3.86. The van der Waals surface area contributed by atoms with Crippen LogP contribution in [0.4, 0.5) is 22.1 Å². The van der Waals surface area contributed by atoms with Crippen molar-refractivity contribution >= 4 is 23.4 Å². The predicted octanol–water partition coefficient (Wildman–Crippen LogP) is 1.54. The van der Waals surface area contributed by atoms with Crippen LogP contribution in [0.2, 0.25) is 0 Å². The second-order valence-electron chi connectivity index (χ2n) is 5.98. The molecule has 2 aliphatic heterocycles. The predicted molar refractivity (Wildman–Crippen MR) is 90.9 cm³/mol. The van der Waals surface area contributed by atoms with Crippen LogP contribution in [0.15, 0.2) is 12.1 Å². The summed E-state index contributed by atoms with van der Waals surface area (Å²) in [5.41, 5.74) is 6.81. The number of nitrogens with two attached hydrogens (primary N) is 1. The lowest BCUT2D eigenvalue weighted by molar-refractivity contribution is 0.105. The van der Waals surface area contributed by atoms with E-state index in [1.165, 1.54) is 12.8 Å². The Labute approximate surface area is 137 Å². The summed E-state index contributed by atoms with van der Waals surface area (Å²) in [4.78, 5) is 22.8. The number of piperazine rings is 1. The fraction of sp³-hybridized carbons (Fsp3) is 0.625. The maximum atomic E-state index is 11.8. The van der Waals surface area contributed by atoms with Crippen molar-refractivity contribution in [3.8, 4) is 0 Å². The highest BCUT2D eigenvalue weighted by molar-refractivity contribution is 5.68. The summed E-state index contributed by atoms with van der Waals surface area (Å²) in [7, 11) is 0. The summed E-state index contributed by atoms with van der Waals surface area (Å²) in [5, 5.41) is 0. The van der Waals surface area contributed by atoms with E-state index in [2.05, 4.69) is 9.80 Å². The van der Waals surface area contributed by atoms with E-state index in [1.54, 1.807) is 4.90 Å². The molecular formula is C16H25N5O2. The van der Waals surface area contributed by atoms with Crippen molar-refractivity contribution < 1.29 is 9.53 Å². The number of ether oxygens (including phenoxy) is 1. The minimum absolute atomic E-state index is 0.231. The molecule has 2 saturated heterocycles. The van der Waals surface area contributed by atoms with Gasteiger partial charge in [0.25, 0.3) is 0 Å². The molecule has 0 unspecified atom stereocenters. The summed E-state index contributed by atoms with van der Waals surface area (Å²) < 4.78 is 5.05. The molecule has 0 atom stereocenters. The summed E-state index contributed by atoms with van der Waals surface area (Å²) in [5.74, 6) is 1.86. The van der Waals surface area contributed by atoms with E-state index >= 15 is 0 Å². The second kappa shape index (κ2) is 6.93. The Balaban J connectivity index is 1.67. The Morgan fingerprint density at radius 2 is 1.65 bits per heavy atom. The average molecular weight is 319 g/mol. The number of rotatable bonds is 3. The van der Waals surface area contributed by atoms with Gasteiger partial charge >= 0.3 is 6.09 Å². The van der Waals surface area contributed by atoms with E-state index in [0.717, 1.165) is 43.5 Å². The van der Waals surface area contributed by atoms with Crippen molar-refractivity contribution in [2.45, 2.75) is 19.8 Å². The normalized spacial score (nSPS) is 18.4. The number of nitrogens with zero attached hydrogens (tertiary/aromatic N) is 4. The molecule has 126 valence electrons. The van der Waals surface area contributed by atoms with Crippen LogP contribution < -0.4 is 15.5 Å². The zero-order valence-electron chi connectivity index (χ0n) is 13.7. The number of amides is 1. The zero-order chi connectivity index (χ0) is 16.2. The van der Waals surface area contributed by atoms with Gasteiger partial charge in [0.05, 0.1) is 6.61 Å². The molecule has 2 aliphatic rings. The highest BCUT2D eigenvalue weighted by Crippen LogP contribution is 2.25. The molecule has 3 heterocycles. The number of nitrogen functional groups attached to an aromatic ring is 1. The Hall–Kier alpha value is -2.18. The summed E-state index contributed by atoms with van der Waals surface area (Å²) >= 11 is 0. The minimum atomic E-state index is -0.231. The van der Waals surface area contributed by atoms with Crippen LogP contribution in [0.1, 0.15) is 19.8 Å². The first-order chi connectivity index (χ1) is 11.2. The number of aromatic nitrogens is 1. The monoisotopic (exact) mass is 319 g/mol. The van der Waals surface area contributed by atoms with Gasteiger partial charge < -0.3 is 25.2 Å². The fourth-order valence-corrected chi connectivity index (χ4v) is 3.12. The lowest BCUT2D eigenvalue weighted by Crippen LogP contribution is -2.49. The van der Waals surface area contributed by atoms with E-state index in [-0.39, 0.29) is 6.09 Å². The Bertz CT molecular complexity index is 551. The average Bonchev–Trinajstić information content (AvgIpc) is 3.09. The van der Waals surface area contributed by atoms with Crippen LogP contribution in [-0.4, -0.2) is 61.9 Å². The molecule has 7 heteroatoms. The summed E-state index contributed by atoms with van der Waals surface area (Å²) in [6.45, 7) is 7.12. The highest BCUT2D eigenvalue weighted by atomic mass is 16.6. The van der Waals surface area contributed by atoms with Crippen molar-refractivity contribution in [1.82, 2.24) is 9.88 Å². The van der Waals surface area contributed by atoms with Gasteiger partial charge in [-0.25, -0.2) is 9.78 Å². The van der Waals surface area contributed by atoms with E-state index < -0.39 is 0 Å². The molecule has 0 aliphatic carbocycles. The van der Waals surface area contributed by atoms with Crippen molar-refractivity contribution in [1.29, 1.82) is 0 Å². The number of pyridine rings is 1. The van der Waals surface area contributed by atoms with Gasteiger partial charge in [-0.3, -0.25) is 0 Å². The standard InChI is InChI=1S/C16H25N5O2/c1-2-23-16(22)21-9-7-20(8-10-21)15-12-13(17)11-14(18-15)19-5-3-4-6-19/h11-12H,2-10H2,1H3,(H2,17,18). The number of hydrogen-bond donors (Lipinski definition) is 1. The van der Waals surface area contributed by atoms with Crippen LogP contribution >= 0.6 is 0 Å². The maximum absolute atomic E-state index is 11.8. The van der Waals surface area contributed by atoms with Gasteiger partial charge in [0.2, 0.25) is 0 Å². The molecule has 0 saturated carbocycles. The smallest absolute Gasteiger partial charge is 0.409 e. The van der Waals surface area contributed by atoms with Crippen LogP contribution in [-0.2, 0) is 4.74 Å². The minimum Gasteiger partial charge on any atom is -0.450 e. The van der Waals surface area contributed by atoms with Gasteiger partial charge in [0.1, 0.15) is 11.6 Å². The van der Waals surface area contributed by atoms with Gasteiger partial charge in [-0.2, -0.15) is 0 Å². The molecule has 3 rings (SSSR count). The first-order valence-electron chi connectivity index (χ1n) is 8.36. The van der Waals surface area contributed by atoms with Crippen LogP contribution in [0.5, 0.6) is 0 Å². The van der Waals surface area contributed by atoms with E-state index in [1.807, 2.05) is 19.1 Å². The molecule has 1 aromatic rings. The van der Waals surface area contributed by atoms with Gasteiger partial charge in [0, 0.05) is 57.1 Å². The number of carbonyl (C=O) groups excluding carboxylic acids is 1. The third-order valence-electron chi connectivity index (χ3n) is 4.38. The third kappa shape index (κ3) is 3.60. The van der Waals surface area contributed by atoms with Crippen molar-refractivity contribution in [3.05, 3.63) is 12.1 Å². The molecule has 2 N–H and O–H groups in total. The van der Waals surface area contributed by atoms with Gasteiger partial charge in [0.15, 0.2) is 0 Å². The second-order valence-corrected chi connectivity index (χ2v) is 5.98. The Morgan fingerprint density at radius 1 is 1.09 bits per heavy atom. The Kier molecular flexibility index (Phi) is 4.73. The summed E-state index contributed by atoms with van der Waals surface area (Å²) in [6.07, 6.45) is 2.19. The van der Waals surface area contributed by atoms with Crippen molar-refractivity contribution in [2.24, 2.45) is 0 Å². The molecule has 1 amide bonds.